The zero-order valence-electron chi connectivity index (χ0n) is 31.6. The monoisotopic (exact) mass is 725 g/mol. The molecule has 0 radical (unpaired) electrons. The van der Waals surface area contributed by atoms with Crippen molar-refractivity contribution in [1.29, 1.82) is 0 Å². The highest BCUT2D eigenvalue weighted by Crippen LogP contribution is 2.63. The second-order valence-electron chi connectivity index (χ2n) is 15.8. The van der Waals surface area contributed by atoms with Crippen LogP contribution in [0, 0.1) is 0 Å². The Kier molecular flexibility index (Phi) is 6.95. The fourth-order valence-corrected chi connectivity index (χ4v) is 11.0. The standard InChI is InChI=1S/C56H39N/c1-4-18-38(19-5-1)55(39-20-6-2-7-21-39)49-28-14-10-26-45(49)47-34-32-42(37-54(47)55)57(40-22-8-3-9-23-40)41-33-35-53-48(36-41)46-27-13-17-31-52(46)56(53)50-29-15-11-24-43(50)44-25-12-16-30-51(44)56/h1,3-6,8-37H,2,7H2. The fraction of sp³-hybridized carbons (Fsp3) is 0.0714. The van der Waals surface area contributed by atoms with E-state index in [1.807, 2.05) is 0 Å². The lowest BCUT2D eigenvalue weighted by Gasteiger charge is -2.36. The van der Waals surface area contributed by atoms with Crippen LogP contribution in [0.15, 0.2) is 218 Å². The maximum atomic E-state index is 2.49. The van der Waals surface area contributed by atoms with Crippen molar-refractivity contribution in [1.82, 2.24) is 0 Å². The second-order valence-corrected chi connectivity index (χ2v) is 15.8. The maximum Gasteiger partial charge on any atom is 0.0725 e. The molecule has 0 aliphatic heterocycles. The number of nitrogens with zero attached hydrogens (tertiary/aromatic N) is 1. The van der Waals surface area contributed by atoms with Crippen molar-refractivity contribution in [3.05, 3.63) is 257 Å². The summed E-state index contributed by atoms with van der Waals surface area (Å²) in [6, 6.07) is 72.8. The van der Waals surface area contributed by atoms with E-state index in [1.54, 1.807) is 0 Å². The van der Waals surface area contributed by atoms with Crippen molar-refractivity contribution in [3.8, 4) is 33.4 Å². The summed E-state index contributed by atoms with van der Waals surface area (Å²) in [6.45, 7) is 0. The quantitative estimate of drug-likeness (QED) is 0.171. The summed E-state index contributed by atoms with van der Waals surface area (Å²) in [5.74, 6) is 0. The van der Waals surface area contributed by atoms with Gasteiger partial charge in [-0.25, -0.2) is 0 Å². The molecule has 1 unspecified atom stereocenters. The van der Waals surface area contributed by atoms with Crippen LogP contribution < -0.4 is 4.90 Å². The summed E-state index contributed by atoms with van der Waals surface area (Å²) in [4.78, 5) is 2.47. The Labute approximate surface area is 334 Å². The highest BCUT2D eigenvalue weighted by Gasteiger charge is 2.52. The van der Waals surface area contributed by atoms with Crippen LogP contribution in [-0.4, -0.2) is 0 Å². The van der Waals surface area contributed by atoms with E-state index in [0.29, 0.717) is 0 Å². The van der Waals surface area contributed by atoms with E-state index in [0.717, 1.165) is 29.9 Å². The normalized spacial score (nSPS) is 17.2. The summed E-state index contributed by atoms with van der Waals surface area (Å²) in [5, 5.41) is 0. The molecular weight excluding hydrogens is 687 g/mol. The van der Waals surface area contributed by atoms with Crippen LogP contribution in [0.25, 0.3) is 33.4 Å². The minimum Gasteiger partial charge on any atom is -0.310 e. The molecule has 268 valence electrons. The van der Waals surface area contributed by atoms with Gasteiger partial charge in [0.1, 0.15) is 0 Å². The molecule has 0 fully saturated rings. The zero-order chi connectivity index (χ0) is 37.6. The molecule has 8 aromatic carbocycles. The number of anilines is 3. The van der Waals surface area contributed by atoms with Gasteiger partial charge >= 0.3 is 0 Å². The van der Waals surface area contributed by atoms with Gasteiger partial charge in [-0.2, -0.15) is 0 Å². The predicted octanol–water partition coefficient (Wildman–Crippen LogP) is 14.1. The first-order valence-corrected chi connectivity index (χ1v) is 20.3. The van der Waals surface area contributed by atoms with Crippen LogP contribution >= 0.6 is 0 Å². The summed E-state index contributed by atoms with van der Waals surface area (Å²) in [5.41, 5.74) is 21.3. The molecule has 0 saturated carbocycles. The third-order valence-corrected chi connectivity index (χ3v) is 13.2. The maximum absolute atomic E-state index is 2.49. The first-order chi connectivity index (χ1) is 28.3. The predicted molar refractivity (Wildman–Crippen MR) is 236 cm³/mol. The Hall–Kier alpha value is -6.96. The Morgan fingerprint density at radius 2 is 0.807 bits per heavy atom. The molecule has 12 rings (SSSR count). The van der Waals surface area contributed by atoms with E-state index in [4.69, 9.17) is 0 Å². The van der Waals surface area contributed by atoms with E-state index >= 15 is 0 Å². The van der Waals surface area contributed by atoms with Gasteiger partial charge in [-0.3, -0.25) is 0 Å². The Balaban J connectivity index is 1.10. The van der Waals surface area contributed by atoms with Crippen molar-refractivity contribution in [2.75, 3.05) is 4.90 Å². The van der Waals surface area contributed by atoms with Gasteiger partial charge in [0.2, 0.25) is 0 Å². The lowest BCUT2D eigenvalue weighted by atomic mass is 9.66. The summed E-state index contributed by atoms with van der Waals surface area (Å²) < 4.78 is 0. The molecule has 1 spiro atoms. The lowest BCUT2D eigenvalue weighted by Crippen LogP contribution is -2.29. The number of allylic oxidation sites excluding steroid dienone is 4. The van der Waals surface area contributed by atoms with E-state index in [-0.39, 0.29) is 5.41 Å². The first-order valence-electron chi connectivity index (χ1n) is 20.3. The fourth-order valence-electron chi connectivity index (χ4n) is 11.0. The third-order valence-electron chi connectivity index (χ3n) is 13.2. The number of rotatable bonds is 5. The van der Waals surface area contributed by atoms with Gasteiger partial charge in [-0.05, 0) is 127 Å². The van der Waals surface area contributed by atoms with Crippen molar-refractivity contribution in [3.63, 3.8) is 0 Å². The van der Waals surface area contributed by atoms with Crippen LogP contribution in [0.5, 0.6) is 0 Å². The van der Waals surface area contributed by atoms with Crippen LogP contribution in [0.3, 0.4) is 0 Å². The molecule has 0 aromatic heterocycles. The Bertz CT molecular complexity index is 2920. The van der Waals surface area contributed by atoms with Crippen molar-refractivity contribution in [2.24, 2.45) is 0 Å². The summed E-state index contributed by atoms with van der Waals surface area (Å²) in [7, 11) is 0. The second kappa shape index (κ2) is 12.3. The van der Waals surface area contributed by atoms with Gasteiger partial charge in [-0.15, -0.1) is 0 Å². The molecule has 0 bridgehead atoms. The van der Waals surface area contributed by atoms with Crippen molar-refractivity contribution < 1.29 is 0 Å². The van der Waals surface area contributed by atoms with Gasteiger partial charge in [0.05, 0.1) is 10.8 Å². The smallest absolute Gasteiger partial charge is 0.0725 e. The van der Waals surface area contributed by atoms with E-state index in [9.17, 15) is 0 Å². The molecule has 0 heterocycles. The molecule has 8 aromatic rings. The molecule has 4 aliphatic carbocycles. The SMILES string of the molecule is C1=CC(C2(c3ccccc3)c3ccccc3-c3ccc(N(c4ccccc4)c4ccc5c(c4)-c4ccccc4C54c5ccccc5-c5ccccc54)cc32)=CCC1. The molecule has 0 amide bonds. The van der Waals surface area contributed by atoms with E-state index in [1.165, 1.54) is 77.9 Å². The summed E-state index contributed by atoms with van der Waals surface area (Å²) in [6.07, 6.45) is 9.34. The lowest BCUT2D eigenvalue weighted by molar-refractivity contribution is 0.751. The number of fused-ring (bicyclic) bond motifs is 13. The van der Waals surface area contributed by atoms with Crippen molar-refractivity contribution >= 4 is 17.1 Å². The highest BCUT2D eigenvalue weighted by atomic mass is 15.1. The zero-order valence-corrected chi connectivity index (χ0v) is 31.6. The number of para-hydroxylation sites is 1. The van der Waals surface area contributed by atoms with Crippen LogP contribution in [0.2, 0.25) is 0 Å². The van der Waals surface area contributed by atoms with Crippen LogP contribution in [-0.2, 0) is 10.8 Å². The van der Waals surface area contributed by atoms with Crippen LogP contribution in [0.1, 0.15) is 51.8 Å². The minimum absolute atomic E-state index is 0.370. The first kappa shape index (κ1) is 32.3. The average Bonchev–Trinajstić information content (AvgIpc) is 3.87. The van der Waals surface area contributed by atoms with Gasteiger partial charge in [0.15, 0.2) is 0 Å². The highest BCUT2D eigenvalue weighted by molar-refractivity contribution is 5.97. The largest absolute Gasteiger partial charge is 0.310 e. The molecule has 1 nitrogen and oxygen atoms in total. The topological polar surface area (TPSA) is 3.24 Å². The van der Waals surface area contributed by atoms with Gasteiger partial charge in [0.25, 0.3) is 0 Å². The molecule has 1 atom stereocenters. The van der Waals surface area contributed by atoms with Gasteiger partial charge in [-0.1, -0.05) is 176 Å². The molecule has 0 saturated heterocycles. The van der Waals surface area contributed by atoms with Crippen LogP contribution in [0.4, 0.5) is 17.1 Å². The molecule has 57 heavy (non-hydrogen) atoms. The van der Waals surface area contributed by atoms with Gasteiger partial charge in [0, 0.05) is 17.1 Å². The van der Waals surface area contributed by atoms with E-state index in [2.05, 4.69) is 217 Å². The van der Waals surface area contributed by atoms with Crippen molar-refractivity contribution in [2.45, 2.75) is 23.7 Å². The minimum atomic E-state index is -0.436. The molecule has 0 N–H and O–H groups in total. The number of hydrogen-bond acceptors (Lipinski definition) is 1. The molecule has 4 aliphatic rings. The molecular formula is C56H39N. The Morgan fingerprint density at radius 1 is 0.333 bits per heavy atom. The number of benzene rings is 8. The van der Waals surface area contributed by atoms with E-state index < -0.39 is 5.41 Å². The van der Waals surface area contributed by atoms with Gasteiger partial charge < -0.3 is 4.90 Å². The Morgan fingerprint density at radius 3 is 1.40 bits per heavy atom. The molecule has 1 heteroatoms. The third kappa shape index (κ3) is 4.29. The average molecular weight is 726 g/mol. The number of hydrogen-bond donors (Lipinski definition) is 0. The summed E-state index contributed by atoms with van der Waals surface area (Å²) >= 11 is 0.